The minimum atomic E-state index is -2.42. The van der Waals surface area contributed by atoms with Crippen molar-refractivity contribution < 1.29 is 13.6 Å². The molecule has 1 unspecified atom stereocenters. The van der Waals surface area contributed by atoms with Gasteiger partial charge in [0.2, 0.25) is 5.91 Å². The Morgan fingerprint density at radius 1 is 1.67 bits per heavy atom. The van der Waals surface area contributed by atoms with Crippen LogP contribution in [0.3, 0.4) is 0 Å². The minimum absolute atomic E-state index is 0.152. The lowest BCUT2D eigenvalue weighted by molar-refractivity contribution is -0.129. The second-order valence-electron chi connectivity index (χ2n) is 2.94. The Labute approximate surface area is 75.3 Å². The van der Waals surface area contributed by atoms with Crippen molar-refractivity contribution in [3.63, 3.8) is 0 Å². The Hall–Kier alpha value is -0.320. The fourth-order valence-electron chi connectivity index (χ4n) is 1.32. The molecule has 1 amide bonds. The number of hydrogen-bond donors (Lipinski definition) is 1. The largest absolute Gasteiger partial charge is 0.337 e. The standard InChI is InChI=1S/C7H11F2NOS/c8-6(9)3-10-2-5(4-12)1-7(10)11/h5-6,12H,1-4H2. The number of carbonyl (C=O) groups is 1. The zero-order valence-corrected chi connectivity index (χ0v) is 7.44. The number of hydrogen-bond acceptors (Lipinski definition) is 2. The first-order valence-corrected chi connectivity index (χ1v) is 4.43. The van der Waals surface area contributed by atoms with E-state index >= 15 is 0 Å². The molecule has 1 fully saturated rings. The maximum atomic E-state index is 11.9. The summed E-state index contributed by atoms with van der Waals surface area (Å²) in [6.45, 7) is 0.00971. The third-order valence-corrected chi connectivity index (χ3v) is 2.43. The fourth-order valence-corrected chi connectivity index (χ4v) is 1.56. The molecule has 70 valence electrons. The molecule has 0 radical (unpaired) electrons. The van der Waals surface area contributed by atoms with Crippen molar-refractivity contribution in [3.05, 3.63) is 0 Å². The number of carbonyl (C=O) groups excluding carboxylic acids is 1. The van der Waals surface area contributed by atoms with Crippen LogP contribution in [0, 0.1) is 5.92 Å². The summed E-state index contributed by atoms with van der Waals surface area (Å²) in [7, 11) is 0. The molecule has 1 atom stereocenters. The highest BCUT2D eigenvalue weighted by Crippen LogP contribution is 2.19. The molecular formula is C7H11F2NOS. The molecule has 0 aromatic carbocycles. The third-order valence-electron chi connectivity index (χ3n) is 1.91. The van der Waals surface area contributed by atoms with Gasteiger partial charge >= 0.3 is 0 Å². The van der Waals surface area contributed by atoms with Gasteiger partial charge in [0.05, 0.1) is 6.54 Å². The highest BCUT2D eigenvalue weighted by atomic mass is 32.1. The van der Waals surface area contributed by atoms with Crippen LogP contribution < -0.4 is 0 Å². The zero-order valence-electron chi connectivity index (χ0n) is 6.54. The number of thiol groups is 1. The van der Waals surface area contributed by atoms with Gasteiger partial charge in [0.1, 0.15) is 0 Å². The Kier molecular flexibility index (Phi) is 3.31. The summed E-state index contributed by atoms with van der Waals surface area (Å²) >= 11 is 4.02. The normalized spacial score (nSPS) is 24.2. The number of amides is 1. The van der Waals surface area contributed by atoms with Crippen LogP contribution in [0.2, 0.25) is 0 Å². The predicted octanol–water partition coefficient (Wildman–Crippen LogP) is 1.03. The lowest BCUT2D eigenvalue weighted by atomic mass is 10.1. The van der Waals surface area contributed by atoms with Crippen molar-refractivity contribution in [2.45, 2.75) is 12.8 Å². The Balaban J connectivity index is 2.41. The molecule has 12 heavy (non-hydrogen) atoms. The molecule has 1 saturated heterocycles. The third kappa shape index (κ3) is 2.33. The van der Waals surface area contributed by atoms with E-state index in [1.807, 2.05) is 0 Å². The topological polar surface area (TPSA) is 20.3 Å². The number of rotatable bonds is 3. The van der Waals surface area contributed by atoms with Crippen LogP contribution in [0.5, 0.6) is 0 Å². The molecule has 1 rings (SSSR count). The summed E-state index contributed by atoms with van der Waals surface area (Å²) in [5.74, 6) is 0.569. The van der Waals surface area contributed by atoms with Crippen LogP contribution in [-0.4, -0.2) is 36.1 Å². The molecule has 1 aliphatic heterocycles. The van der Waals surface area contributed by atoms with E-state index in [-0.39, 0.29) is 11.8 Å². The average Bonchev–Trinajstić information content (AvgIpc) is 2.31. The summed E-state index contributed by atoms with van der Waals surface area (Å²) in [5, 5.41) is 0. The first-order valence-electron chi connectivity index (χ1n) is 3.80. The van der Waals surface area contributed by atoms with E-state index in [1.54, 1.807) is 0 Å². The molecule has 0 N–H and O–H groups in total. The van der Waals surface area contributed by atoms with Gasteiger partial charge in [0.25, 0.3) is 6.43 Å². The highest BCUT2D eigenvalue weighted by molar-refractivity contribution is 7.80. The summed E-state index contributed by atoms with van der Waals surface area (Å²) in [6, 6.07) is 0. The van der Waals surface area contributed by atoms with Crippen LogP contribution in [-0.2, 0) is 4.79 Å². The quantitative estimate of drug-likeness (QED) is 0.667. The minimum Gasteiger partial charge on any atom is -0.337 e. The van der Waals surface area contributed by atoms with Crippen molar-refractivity contribution in [2.24, 2.45) is 5.92 Å². The molecule has 0 aromatic heterocycles. The van der Waals surface area contributed by atoms with Crippen LogP contribution in [0.25, 0.3) is 0 Å². The van der Waals surface area contributed by atoms with Crippen molar-refractivity contribution in [1.29, 1.82) is 0 Å². The number of alkyl halides is 2. The maximum absolute atomic E-state index is 11.9. The van der Waals surface area contributed by atoms with Gasteiger partial charge < -0.3 is 4.90 Å². The molecule has 0 bridgehead atoms. The van der Waals surface area contributed by atoms with Crippen LogP contribution >= 0.6 is 12.6 Å². The smallest absolute Gasteiger partial charge is 0.255 e. The molecule has 0 spiro atoms. The van der Waals surface area contributed by atoms with Crippen LogP contribution in [0.4, 0.5) is 8.78 Å². The van der Waals surface area contributed by atoms with Crippen molar-refractivity contribution in [1.82, 2.24) is 4.90 Å². The highest BCUT2D eigenvalue weighted by Gasteiger charge is 2.29. The number of halogens is 2. The van der Waals surface area contributed by atoms with Gasteiger partial charge in [-0.3, -0.25) is 4.79 Å². The lowest BCUT2D eigenvalue weighted by Crippen LogP contribution is -2.30. The molecule has 0 aromatic rings. The summed E-state index contributed by atoms with van der Waals surface area (Å²) in [5.41, 5.74) is 0. The van der Waals surface area contributed by atoms with Gasteiger partial charge in [-0.1, -0.05) is 0 Å². The van der Waals surface area contributed by atoms with Gasteiger partial charge in [-0.25, -0.2) is 8.78 Å². The average molecular weight is 195 g/mol. The van der Waals surface area contributed by atoms with E-state index in [4.69, 9.17) is 0 Å². The van der Waals surface area contributed by atoms with Crippen molar-refractivity contribution >= 4 is 18.5 Å². The van der Waals surface area contributed by atoms with E-state index in [1.165, 1.54) is 4.90 Å². The molecule has 1 heterocycles. The maximum Gasteiger partial charge on any atom is 0.255 e. The summed E-state index contributed by atoms with van der Waals surface area (Å²) < 4.78 is 23.8. The van der Waals surface area contributed by atoms with Gasteiger partial charge in [-0.05, 0) is 11.7 Å². The lowest BCUT2D eigenvalue weighted by Gasteiger charge is -2.14. The Morgan fingerprint density at radius 2 is 2.33 bits per heavy atom. The molecular weight excluding hydrogens is 184 g/mol. The van der Waals surface area contributed by atoms with Gasteiger partial charge in [-0.2, -0.15) is 12.6 Å². The van der Waals surface area contributed by atoms with Crippen molar-refractivity contribution in [3.8, 4) is 0 Å². The van der Waals surface area contributed by atoms with Crippen LogP contribution in [0.15, 0.2) is 0 Å². The molecule has 1 aliphatic rings. The SMILES string of the molecule is O=C1CC(CS)CN1CC(F)F. The molecule has 2 nitrogen and oxygen atoms in total. The molecule has 0 saturated carbocycles. The summed E-state index contributed by atoms with van der Waals surface area (Å²) in [4.78, 5) is 12.3. The number of nitrogens with zero attached hydrogens (tertiary/aromatic N) is 1. The first-order chi connectivity index (χ1) is 5.63. The van der Waals surface area contributed by atoms with Gasteiger partial charge in [0.15, 0.2) is 0 Å². The zero-order chi connectivity index (χ0) is 9.14. The van der Waals surface area contributed by atoms with E-state index < -0.39 is 13.0 Å². The fraction of sp³-hybridized carbons (Fsp3) is 0.857. The molecule has 0 aliphatic carbocycles. The van der Waals surface area contributed by atoms with Gasteiger partial charge in [0, 0.05) is 13.0 Å². The Bertz CT molecular complexity index is 177. The van der Waals surface area contributed by atoms with E-state index in [9.17, 15) is 13.6 Å². The molecule has 5 heteroatoms. The second-order valence-corrected chi connectivity index (χ2v) is 3.31. The van der Waals surface area contributed by atoms with E-state index in [0.717, 1.165) is 0 Å². The van der Waals surface area contributed by atoms with Crippen molar-refractivity contribution in [2.75, 3.05) is 18.8 Å². The second kappa shape index (κ2) is 4.07. The van der Waals surface area contributed by atoms with E-state index in [2.05, 4.69) is 12.6 Å². The van der Waals surface area contributed by atoms with Gasteiger partial charge in [-0.15, -0.1) is 0 Å². The van der Waals surface area contributed by atoms with Crippen LogP contribution in [0.1, 0.15) is 6.42 Å². The monoisotopic (exact) mass is 195 g/mol. The first kappa shape index (κ1) is 9.77. The predicted molar refractivity (Wildman–Crippen MR) is 44.5 cm³/mol. The van der Waals surface area contributed by atoms with E-state index in [0.29, 0.717) is 18.7 Å². The number of likely N-dealkylation sites (tertiary alicyclic amines) is 1. The summed E-state index contributed by atoms with van der Waals surface area (Å²) in [6.07, 6.45) is -2.05. The Morgan fingerprint density at radius 3 is 2.75 bits per heavy atom.